The number of nitrogens with zero attached hydrogens (tertiary/aromatic N) is 1. The third-order valence-corrected chi connectivity index (χ3v) is 5.94. The first-order valence-electron chi connectivity index (χ1n) is 11.1. The van der Waals surface area contributed by atoms with Crippen molar-refractivity contribution in [3.63, 3.8) is 0 Å². The van der Waals surface area contributed by atoms with Crippen molar-refractivity contribution >= 4 is 28.8 Å². The van der Waals surface area contributed by atoms with Crippen LogP contribution in [0.3, 0.4) is 0 Å². The van der Waals surface area contributed by atoms with Crippen molar-refractivity contribution in [3.05, 3.63) is 94.2 Å². The van der Waals surface area contributed by atoms with E-state index in [4.69, 9.17) is 4.74 Å². The number of ether oxygens (including phenoxy) is 1. The van der Waals surface area contributed by atoms with Crippen molar-refractivity contribution in [2.24, 2.45) is 0 Å². The molecule has 0 atom stereocenters. The van der Waals surface area contributed by atoms with Gasteiger partial charge in [-0.05, 0) is 92.8 Å². The largest absolute Gasteiger partial charge is 0.494 e. The van der Waals surface area contributed by atoms with Crippen molar-refractivity contribution in [2.45, 2.75) is 34.6 Å². The molecule has 0 bridgehead atoms. The molecule has 1 heterocycles. The number of amides is 2. The highest BCUT2D eigenvalue weighted by atomic mass is 16.5. The van der Waals surface area contributed by atoms with Gasteiger partial charge < -0.3 is 10.1 Å². The summed E-state index contributed by atoms with van der Waals surface area (Å²) in [5, 5.41) is 3.29. The molecule has 0 radical (unpaired) electrons. The molecule has 168 valence electrons. The summed E-state index contributed by atoms with van der Waals surface area (Å²) in [6.45, 7) is 10.5. The molecule has 5 heteroatoms. The van der Waals surface area contributed by atoms with Crippen LogP contribution in [0.4, 0.5) is 11.4 Å². The minimum atomic E-state index is -0.377. The van der Waals surface area contributed by atoms with Crippen molar-refractivity contribution in [2.75, 3.05) is 16.8 Å². The molecule has 3 aromatic rings. The molecule has 0 aromatic heterocycles. The maximum absolute atomic E-state index is 13.7. The lowest BCUT2D eigenvalue weighted by Gasteiger charge is -2.16. The van der Waals surface area contributed by atoms with Gasteiger partial charge in [-0.15, -0.1) is 0 Å². The summed E-state index contributed by atoms with van der Waals surface area (Å²) >= 11 is 0. The van der Waals surface area contributed by atoms with Gasteiger partial charge in [-0.3, -0.25) is 9.59 Å². The van der Waals surface area contributed by atoms with Crippen LogP contribution in [-0.2, 0) is 9.59 Å². The molecular formula is C28H28N2O3. The van der Waals surface area contributed by atoms with E-state index in [-0.39, 0.29) is 17.5 Å². The van der Waals surface area contributed by atoms with E-state index in [1.165, 1.54) is 4.90 Å². The van der Waals surface area contributed by atoms with Crippen LogP contribution in [0, 0.1) is 27.7 Å². The van der Waals surface area contributed by atoms with E-state index in [9.17, 15) is 9.59 Å². The Balaban J connectivity index is 1.82. The van der Waals surface area contributed by atoms with Crippen LogP contribution < -0.4 is 15.0 Å². The summed E-state index contributed by atoms with van der Waals surface area (Å²) in [5.74, 6) is -0.0325. The maximum Gasteiger partial charge on any atom is 0.282 e. The van der Waals surface area contributed by atoms with Gasteiger partial charge in [0.05, 0.1) is 17.9 Å². The first kappa shape index (κ1) is 22.3. The Bertz CT molecular complexity index is 1270. The van der Waals surface area contributed by atoms with Crippen LogP contribution in [0.2, 0.25) is 0 Å². The fraction of sp³-hybridized carbons (Fsp3) is 0.214. The molecule has 1 aliphatic heterocycles. The zero-order chi connectivity index (χ0) is 23.7. The highest BCUT2D eigenvalue weighted by molar-refractivity contribution is 6.46. The Morgan fingerprint density at radius 3 is 2.15 bits per heavy atom. The topological polar surface area (TPSA) is 58.6 Å². The van der Waals surface area contributed by atoms with E-state index < -0.39 is 0 Å². The summed E-state index contributed by atoms with van der Waals surface area (Å²) in [5.41, 5.74) is 6.94. The van der Waals surface area contributed by atoms with E-state index in [0.717, 1.165) is 33.5 Å². The number of rotatable bonds is 6. The Hall–Kier alpha value is -3.86. The number of anilines is 2. The fourth-order valence-corrected chi connectivity index (χ4v) is 3.91. The first-order valence-corrected chi connectivity index (χ1v) is 11.1. The standard InChI is InChI=1S/C28H28N2O3/c1-6-33-23-13-11-22(12-14-23)30-27(31)25(21-10-9-18(3)20(5)16-21)26(28(30)32)29-24-15-17(2)7-8-19(24)4/h7-16,29H,6H2,1-5H3. The number of aryl methyl sites for hydroxylation is 4. The summed E-state index contributed by atoms with van der Waals surface area (Å²) in [4.78, 5) is 28.5. The Kier molecular flexibility index (Phi) is 6.05. The van der Waals surface area contributed by atoms with Gasteiger partial charge in [0, 0.05) is 5.69 Å². The van der Waals surface area contributed by atoms with Gasteiger partial charge in [-0.1, -0.05) is 30.3 Å². The second-order valence-corrected chi connectivity index (χ2v) is 8.37. The van der Waals surface area contributed by atoms with E-state index in [2.05, 4.69) is 5.32 Å². The molecule has 0 saturated heterocycles. The zero-order valence-electron chi connectivity index (χ0n) is 19.7. The highest BCUT2D eigenvalue weighted by Crippen LogP contribution is 2.35. The summed E-state index contributed by atoms with van der Waals surface area (Å²) in [7, 11) is 0. The van der Waals surface area contributed by atoms with E-state index >= 15 is 0 Å². The third kappa shape index (κ3) is 4.27. The smallest absolute Gasteiger partial charge is 0.282 e. The predicted octanol–water partition coefficient (Wildman–Crippen LogP) is 5.72. The van der Waals surface area contributed by atoms with Crippen LogP contribution in [0.5, 0.6) is 5.75 Å². The van der Waals surface area contributed by atoms with Crippen molar-refractivity contribution in [1.29, 1.82) is 0 Å². The minimum Gasteiger partial charge on any atom is -0.494 e. The van der Waals surface area contributed by atoms with Crippen molar-refractivity contribution in [3.8, 4) is 5.75 Å². The second kappa shape index (κ2) is 8.94. The maximum atomic E-state index is 13.7. The normalized spacial score (nSPS) is 13.7. The Morgan fingerprint density at radius 2 is 1.48 bits per heavy atom. The third-order valence-electron chi connectivity index (χ3n) is 5.94. The van der Waals surface area contributed by atoms with Crippen LogP contribution in [0.1, 0.15) is 34.7 Å². The molecule has 0 fully saturated rings. The quantitative estimate of drug-likeness (QED) is 0.499. The highest BCUT2D eigenvalue weighted by Gasteiger charge is 2.40. The average Bonchev–Trinajstić information content (AvgIpc) is 3.03. The fourth-order valence-electron chi connectivity index (χ4n) is 3.91. The summed E-state index contributed by atoms with van der Waals surface area (Å²) in [6, 6.07) is 18.8. The van der Waals surface area contributed by atoms with Gasteiger partial charge >= 0.3 is 0 Å². The number of hydrogen-bond donors (Lipinski definition) is 1. The number of carbonyl (C=O) groups is 2. The molecule has 0 saturated carbocycles. The van der Waals surface area contributed by atoms with Crippen LogP contribution in [0.15, 0.2) is 66.4 Å². The molecular weight excluding hydrogens is 412 g/mol. The lowest BCUT2D eigenvalue weighted by molar-refractivity contribution is -0.120. The monoisotopic (exact) mass is 440 g/mol. The molecule has 3 aromatic carbocycles. The van der Waals surface area contributed by atoms with Gasteiger partial charge in [0.15, 0.2) is 0 Å². The molecule has 1 N–H and O–H groups in total. The number of nitrogens with one attached hydrogen (secondary N) is 1. The van der Waals surface area contributed by atoms with E-state index in [1.807, 2.05) is 71.0 Å². The number of hydrogen-bond acceptors (Lipinski definition) is 4. The molecule has 33 heavy (non-hydrogen) atoms. The lowest BCUT2D eigenvalue weighted by Crippen LogP contribution is -2.32. The van der Waals surface area contributed by atoms with Crippen LogP contribution in [-0.4, -0.2) is 18.4 Å². The van der Waals surface area contributed by atoms with Crippen LogP contribution >= 0.6 is 0 Å². The van der Waals surface area contributed by atoms with Gasteiger partial charge in [0.2, 0.25) is 0 Å². The van der Waals surface area contributed by atoms with Crippen LogP contribution in [0.25, 0.3) is 5.57 Å². The Morgan fingerprint density at radius 1 is 0.788 bits per heavy atom. The van der Waals surface area contributed by atoms with Gasteiger partial charge in [-0.2, -0.15) is 0 Å². The van der Waals surface area contributed by atoms with E-state index in [1.54, 1.807) is 24.3 Å². The molecule has 2 amide bonds. The number of carbonyl (C=O) groups excluding carboxylic acids is 2. The molecule has 1 aliphatic rings. The van der Waals surface area contributed by atoms with Gasteiger partial charge in [-0.25, -0.2) is 4.90 Å². The SMILES string of the molecule is CCOc1ccc(N2C(=O)C(Nc3cc(C)ccc3C)=C(c3ccc(C)c(C)c3)C2=O)cc1. The van der Waals surface area contributed by atoms with E-state index in [0.29, 0.717) is 23.6 Å². The number of imide groups is 1. The molecule has 0 spiro atoms. The summed E-state index contributed by atoms with van der Waals surface area (Å²) < 4.78 is 5.51. The summed E-state index contributed by atoms with van der Waals surface area (Å²) in [6.07, 6.45) is 0. The Labute approximate surface area is 194 Å². The van der Waals surface area contributed by atoms with Gasteiger partial charge in [0.1, 0.15) is 11.4 Å². The zero-order valence-corrected chi connectivity index (χ0v) is 19.7. The molecule has 5 nitrogen and oxygen atoms in total. The minimum absolute atomic E-state index is 0.283. The van der Waals surface area contributed by atoms with Crippen molar-refractivity contribution in [1.82, 2.24) is 0 Å². The predicted molar refractivity (Wildman–Crippen MR) is 132 cm³/mol. The second-order valence-electron chi connectivity index (χ2n) is 8.37. The lowest BCUT2D eigenvalue weighted by atomic mass is 9.99. The van der Waals surface area contributed by atoms with Gasteiger partial charge in [0.25, 0.3) is 11.8 Å². The molecule has 4 rings (SSSR count). The average molecular weight is 441 g/mol. The van der Waals surface area contributed by atoms with Crippen molar-refractivity contribution < 1.29 is 14.3 Å². The first-order chi connectivity index (χ1) is 15.8. The molecule has 0 unspecified atom stereocenters. The number of benzene rings is 3. The molecule has 0 aliphatic carbocycles.